The molecule has 0 saturated carbocycles. The van der Waals surface area contributed by atoms with E-state index in [9.17, 15) is 14.4 Å². The highest BCUT2D eigenvalue weighted by Gasteiger charge is 2.50. The van der Waals surface area contributed by atoms with E-state index in [1.54, 1.807) is 23.6 Å². The number of carbonyl (C=O) groups excluding carboxylic acids is 3. The number of fused-ring (bicyclic) bond motifs is 2. The second-order valence-corrected chi connectivity index (χ2v) is 10.2. The molecular weight excluding hydrogens is 434 g/mol. The van der Waals surface area contributed by atoms with E-state index in [2.05, 4.69) is 12.2 Å². The Morgan fingerprint density at radius 3 is 2.61 bits per heavy atom. The van der Waals surface area contributed by atoms with Gasteiger partial charge in [-0.2, -0.15) is 0 Å². The fourth-order valence-electron chi connectivity index (χ4n) is 4.50. The second-order valence-electron chi connectivity index (χ2n) is 8.74. The molecule has 1 fully saturated rings. The van der Waals surface area contributed by atoms with Crippen molar-refractivity contribution in [3.05, 3.63) is 72.3 Å². The number of hydrogen-bond donors (Lipinski definition) is 1. The van der Waals surface area contributed by atoms with Crippen LogP contribution in [-0.2, 0) is 15.1 Å². The molecule has 168 valence electrons. The number of thioether (sulfide) groups is 1. The van der Waals surface area contributed by atoms with Crippen LogP contribution in [0.3, 0.4) is 0 Å². The number of imide groups is 1. The van der Waals surface area contributed by atoms with Crippen LogP contribution in [0.1, 0.15) is 25.8 Å². The van der Waals surface area contributed by atoms with Gasteiger partial charge in [-0.05, 0) is 47.9 Å². The predicted octanol–water partition coefficient (Wildman–Crippen LogP) is 4.52. The van der Waals surface area contributed by atoms with E-state index < -0.39 is 17.5 Å². The summed E-state index contributed by atoms with van der Waals surface area (Å²) in [6.07, 6.45) is 0.833. The summed E-state index contributed by atoms with van der Waals surface area (Å²) in [6, 6.07) is 20.8. The van der Waals surface area contributed by atoms with Gasteiger partial charge in [0.2, 0.25) is 5.91 Å². The molecule has 2 unspecified atom stereocenters. The maximum absolute atomic E-state index is 13.4. The number of carbonyl (C=O) groups is 3. The Morgan fingerprint density at radius 2 is 1.79 bits per heavy atom. The van der Waals surface area contributed by atoms with Crippen LogP contribution in [0.5, 0.6) is 0 Å². The van der Waals surface area contributed by atoms with Crippen LogP contribution in [0.15, 0.2) is 71.6 Å². The zero-order chi connectivity index (χ0) is 23.2. The van der Waals surface area contributed by atoms with Crippen LogP contribution in [0.4, 0.5) is 10.5 Å². The Bertz CT molecular complexity index is 1280. The first kappa shape index (κ1) is 21.5. The summed E-state index contributed by atoms with van der Waals surface area (Å²) in [4.78, 5) is 43.4. The lowest BCUT2D eigenvalue weighted by atomic mass is 9.90. The third kappa shape index (κ3) is 3.76. The first-order valence-corrected chi connectivity index (χ1v) is 11.9. The van der Waals surface area contributed by atoms with Crippen molar-refractivity contribution >= 4 is 46.1 Å². The number of anilines is 1. The first-order valence-electron chi connectivity index (χ1n) is 11.1. The molecule has 2 aliphatic heterocycles. The van der Waals surface area contributed by atoms with E-state index in [1.165, 1.54) is 0 Å². The average molecular weight is 460 g/mol. The van der Waals surface area contributed by atoms with Crippen LogP contribution in [0, 0.1) is 0 Å². The summed E-state index contributed by atoms with van der Waals surface area (Å²) in [5, 5.41) is 5.24. The van der Waals surface area contributed by atoms with Gasteiger partial charge in [-0.1, -0.05) is 55.5 Å². The van der Waals surface area contributed by atoms with E-state index in [1.807, 2.05) is 66.7 Å². The fraction of sp³-hybridized carbons (Fsp3) is 0.269. The number of hydrogen-bond acceptors (Lipinski definition) is 4. The Labute approximate surface area is 196 Å². The number of nitrogens with zero attached hydrogens (tertiary/aromatic N) is 2. The van der Waals surface area contributed by atoms with Gasteiger partial charge in [-0.15, -0.1) is 11.8 Å². The molecule has 5 rings (SSSR count). The van der Waals surface area contributed by atoms with E-state index >= 15 is 0 Å². The van der Waals surface area contributed by atoms with Crippen LogP contribution in [-0.4, -0.2) is 41.1 Å². The number of para-hydroxylation sites is 1. The van der Waals surface area contributed by atoms with Crippen molar-refractivity contribution in [1.82, 2.24) is 10.2 Å². The maximum atomic E-state index is 13.4. The number of rotatable bonds is 3. The summed E-state index contributed by atoms with van der Waals surface area (Å²) in [6.45, 7) is 4.10. The molecule has 3 aromatic carbocycles. The Balaban J connectivity index is 1.41. The molecule has 2 aliphatic rings. The standard InChI is InChI=1S/C26H25N3O3S/c1-17-13-14-28(21-9-5-6-10-22(21)33-17)23(30)16-29-24(31)26(2,27-25(29)32)20-12-11-18-7-3-4-8-19(18)15-20/h3-12,15,17H,13-14,16H2,1-2H3,(H,27,32). The minimum absolute atomic E-state index is 0.261. The van der Waals surface area contributed by atoms with Gasteiger partial charge in [0.25, 0.3) is 5.91 Å². The highest BCUT2D eigenvalue weighted by Crippen LogP contribution is 2.37. The van der Waals surface area contributed by atoms with E-state index in [-0.39, 0.29) is 12.5 Å². The van der Waals surface area contributed by atoms with Gasteiger partial charge in [-0.25, -0.2) is 4.79 Å². The van der Waals surface area contributed by atoms with E-state index in [0.29, 0.717) is 17.4 Å². The van der Waals surface area contributed by atoms with Crippen molar-refractivity contribution in [1.29, 1.82) is 0 Å². The first-order chi connectivity index (χ1) is 15.9. The normalized spacial score (nSPS) is 22.8. The lowest BCUT2D eigenvalue weighted by Crippen LogP contribution is -2.45. The zero-order valence-corrected chi connectivity index (χ0v) is 19.4. The summed E-state index contributed by atoms with van der Waals surface area (Å²) >= 11 is 1.74. The molecule has 0 aliphatic carbocycles. The van der Waals surface area contributed by atoms with Gasteiger partial charge in [0.1, 0.15) is 12.1 Å². The van der Waals surface area contributed by atoms with Crippen molar-refractivity contribution in [2.24, 2.45) is 0 Å². The molecule has 0 spiro atoms. The van der Waals surface area contributed by atoms with Gasteiger partial charge in [0, 0.05) is 16.7 Å². The highest BCUT2D eigenvalue weighted by atomic mass is 32.2. The summed E-state index contributed by atoms with van der Waals surface area (Å²) in [7, 11) is 0. The number of amides is 4. The van der Waals surface area contributed by atoms with Crippen LogP contribution >= 0.6 is 11.8 Å². The van der Waals surface area contributed by atoms with Gasteiger partial charge in [0.05, 0.1) is 5.69 Å². The average Bonchev–Trinajstić information content (AvgIpc) is 2.94. The molecule has 2 heterocycles. The number of benzene rings is 3. The lowest BCUT2D eigenvalue weighted by Gasteiger charge is -2.25. The van der Waals surface area contributed by atoms with Crippen LogP contribution < -0.4 is 10.2 Å². The van der Waals surface area contributed by atoms with E-state index in [0.717, 1.165) is 32.7 Å². The van der Waals surface area contributed by atoms with Crippen LogP contribution in [0.2, 0.25) is 0 Å². The lowest BCUT2D eigenvalue weighted by molar-refractivity contribution is -0.134. The second kappa shape index (κ2) is 8.23. The smallest absolute Gasteiger partial charge is 0.319 e. The zero-order valence-electron chi connectivity index (χ0n) is 18.6. The molecule has 33 heavy (non-hydrogen) atoms. The molecule has 4 amide bonds. The summed E-state index contributed by atoms with van der Waals surface area (Å²) in [5.74, 6) is -0.676. The Morgan fingerprint density at radius 1 is 1.06 bits per heavy atom. The van der Waals surface area contributed by atoms with Gasteiger partial charge in [-0.3, -0.25) is 14.5 Å². The SMILES string of the molecule is CC1CCN(C(=O)CN2C(=O)NC(C)(c3ccc4ccccc4c3)C2=O)c2ccccc2S1. The third-order valence-corrected chi connectivity index (χ3v) is 7.68. The molecule has 0 aromatic heterocycles. The molecule has 6 nitrogen and oxygen atoms in total. The fourth-order valence-corrected chi connectivity index (χ4v) is 5.62. The number of urea groups is 1. The van der Waals surface area contributed by atoms with Crippen molar-refractivity contribution in [2.75, 3.05) is 18.0 Å². The molecule has 1 N–H and O–H groups in total. The van der Waals surface area contributed by atoms with Crippen molar-refractivity contribution in [3.63, 3.8) is 0 Å². The monoisotopic (exact) mass is 459 g/mol. The Kier molecular flexibility index (Phi) is 5.37. The molecular formula is C26H25N3O3S. The van der Waals surface area contributed by atoms with Crippen LogP contribution in [0.25, 0.3) is 10.8 Å². The van der Waals surface area contributed by atoms with Crippen molar-refractivity contribution < 1.29 is 14.4 Å². The minimum Gasteiger partial charge on any atom is -0.319 e. The quantitative estimate of drug-likeness (QED) is 0.585. The van der Waals surface area contributed by atoms with Gasteiger partial charge < -0.3 is 10.2 Å². The molecule has 0 bridgehead atoms. The molecule has 3 aromatic rings. The highest BCUT2D eigenvalue weighted by molar-refractivity contribution is 8.00. The predicted molar refractivity (Wildman–Crippen MR) is 130 cm³/mol. The molecule has 0 radical (unpaired) electrons. The van der Waals surface area contributed by atoms with Crippen molar-refractivity contribution in [2.45, 2.75) is 36.0 Å². The van der Waals surface area contributed by atoms with Crippen molar-refractivity contribution in [3.8, 4) is 0 Å². The third-order valence-electron chi connectivity index (χ3n) is 6.44. The van der Waals surface area contributed by atoms with Gasteiger partial charge >= 0.3 is 6.03 Å². The topological polar surface area (TPSA) is 69.7 Å². The molecule has 1 saturated heterocycles. The summed E-state index contributed by atoms with van der Waals surface area (Å²) < 4.78 is 0. The number of nitrogens with one attached hydrogen (secondary N) is 1. The largest absolute Gasteiger partial charge is 0.325 e. The summed E-state index contributed by atoms with van der Waals surface area (Å²) in [5.41, 5.74) is 0.309. The minimum atomic E-state index is -1.22. The Hall–Kier alpha value is -3.32. The van der Waals surface area contributed by atoms with E-state index in [4.69, 9.17) is 0 Å². The maximum Gasteiger partial charge on any atom is 0.325 e. The molecule has 2 atom stereocenters. The van der Waals surface area contributed by atoms with Gasteiger partial charge in [0.15, 0.2) is 0 Å². The molecule has 7 heteroatoms.